The first-order chi connectivity index (χ1) is 15.1. The van der Waals surface area contributed by atoms with Crippen LogP contribution >= 0.6 is 11.3 Å². The number of hydrogen-bond acceptors (Lipinski definition) is 5. The number of aromatic nitrogens is 2. The largest absolute Gasteiger partial charge is 0.489 e. The molecule has 0 unspecified atom stereocenters. The molecule has 0 aliphatic carbocycles. The van der Waals surface area contributed by atoms with E-state index in [-0.39, 0.29) is 18.1 Å². The number of ether oxygens (including phenoxy) is 1. The van der Waals surface area contributed by atoms with Crippen LogP contribution in [0.3, 0.4) is 0 Å². The molecule has 2 aromatic heterocycles. The van der Waals surface area contributed by atoms with Gasteiger partial charge in [0.05, 0.1) is 0 Å². The Balaban J connectivity index is 1.36. The second-order valence-corrected chi connectivity index (χ2v) is 7.48. The Morgan fingerprint density at radius 3 is 2.58 bits per heavy atom. The second-order valence-electron chi connectivity index (χ2n) is 6.62. The predicted molar refractivity (Wildman–Crippen MR) is 114 cm³/mol. The van der Waals surface area contributed by atoms with Crippen LogP contribution in [0.2, 0.25) is 0 Å². The maximum Gasteiger partial charge on any atom is 0.271 e. The molecule has 0 aliphatic rings. The average Bonchev–Trinajstić information content (AvgIpc) is 3.29. The molecule has 0 fully saturated rings. The number of rotatable bonds is 7. The van der Waals surface area contributed by atoms with Crippen molar-refractivity contribution in [3.8, 4) is 16.3 Å². The van der Waals surface area contributed by atoms with E-state index in [1.807, 2.05) is 12.1 Å². The number of benzene rings is 2. The fourth-order valence-electron chi connectivity index (χ4n) is 2.79. The molecule has 0 aliphatic heterocycles. The maximum absolute atomic E-state index is 13.7. The number of carbonyl (C=O) groups is 1. The molecule has 5 nitrogen and oxygen atoms in total. The van der Waals surface area contributed by atoms with Gasteiger partial charge in [0.2, 0.25) is 0 Å². The molecule has 0 saturated heterocycles. The Kier molecular flexibility index (Phi) is 6.28. The van der Waals surface area contributed by atoms with Crippen LogP contribution < -0.4 is 10.1 Å². The first kappa shape index (κ1) is 20.6. The van der Waals surface area contributed by atoms with Crippen molar-refractivity contribution in [2.45, 2.75) is 13.2 Å². The summed E-state index contributed by atoms with van der Waals surface area (Å²) in [6.45, 7) is 0.314. The van der Waals surface area contributed by atoms with Gasteiger partial charge in [-0.15, -0.1) is 11.3 Å². The summed E-state index contributed by atoms with van der Waals surface area (Å²) in [4.78, 5) is 20.7. The van der Waals surface area contributed by atoms with E-state index in [0.29, 0.717) is 23.0 Å². The van der Waals surface area contributed by atoms with Crippen LogP contribution in [-0.4, -0.2) is 15.9 Å². The van der Waals surface area contributed by atoms with Crippen LogP contribution in [0.4, 0.5) is 8.78 Å². The van der Waals surface area contributed by atoms with Crippen molar-refractivity contribution in [3.63, 3.8) is 0 Å². The lowest BCUT2D eigenvalue weighted by Crippen LogP contribution is -2.23. The summed E-state index contributed by atoms with van der Waals surface area (Å²) in [6, 6.07) is 14.0. The molecule has 4 aromatic rings. The second kappa shape index (κ2) is 9.44. The lowest BCUT2D eigenvalue weighted by molar-refractivity contribution is 0.0946. The van der Waals surface area contributed by atoms with E-state index < -0.39 is 11.6 Å². The van der Waals surface area contributed by atoms with E-state index in [9.17, 15) is 13.6 Å². The van der Waals surface area contributed by atoms with Crippen molar-refractivity contribution < 1.29 is 18.3 Å². The molecule has 4 rings (SSSR count). The molecular formula is C23H17F2N3O2S. The normalized spacial score (nSPS) is 10.6. The molecule has 0 saturated carbocycles. The van der Waals surface area contributed by atoms with Crippen molar-refractivity contribution in [1.29, 1.82) is 0 Å². The maximum atomic E-state index is 13.7. The van der Waals surface area contributed by atoms with Gasteiger partial charge < -0.3 is 10.1 Å². The summed E-state index contributed by atoms with van der Waals surface area (Å²) in [7, 11) is 0. The average molecular weight is 437 g/mol. The van der Waals surface area contributed by atoms with E-state index in [0.717, 1.165) is 29.3 Å². The minimum atomic E-state index is -0.518. The number of nitrogens with one attached hydrogen (secondary N) is 1. The van der Waals surface area contributed by atoms with E-state index in [2.05, 4.69) is 15.3 Å². The van der Waals surface area contributed by atoms with Gasteiger partial charge in [0.15, 0.2) is 0 Å². The van der Waals surface area contributed by atoms with Gasteiger partial charge in [-0.25, -0.2) is 13.8 Å². The number of hydrogen-bond donors (Lipinski definition) is 1. The Labute approximate surface area is 181 Å². The number of pyridine rings is 1. The Morgan fingerprint density at radius 1 is 1.03 bits per heavy atom. The summed E-state index contributed by atoms with van der Waals surface area (Å²) in [5.41, 5.74) is 2.26. The van der Waals surface area contributed by atoms with Gasteiger partial charge in [0.25, 0.3) is 5.91 Å². The molecule has 1 amide bonds. The van der Waals surface area contributed by atoms with Crippen LogP contribution in [0.15, 0.2) is 72.4 Å². The summed E-state index contributed by atoms with van der Waals surface area (Å²) < 4.78 is 32.5. The SMILES string of the molecule is O=C(NCc1ccncc1)c1csc(-c2ccc(OCc3cc(F)ccc3F)cc2)n1. The predicted octanol–water partition coefficient (Wildman–Crippen LogP) is 4.99. The fourth-order valence-corrected chi connectivity index (χ4v) is 3.60. The fraction of sp³-hybridized carbons (Fsp3) is 0.0870. The lowest BCUT2D eigenvalue weighted by atomic mass is 10.2. The third kappa shape index (κ3) is 5.29. The van der Waals surface area contributed by atoms with Crippen molar-refractivity contribution in [3.05, 3.63) is 101 Å². The van der Waals surface area contributed by atoms with Gasteiger partial charge in [0.1, 0.15) is 34.7 Å². The van der Waals surface area contributed by atoms with Gasteiger partial charge in [0, 0.05) is 35.4 Å². The summed E-state index contributed by atoms with van der Waals surface area (Å²) in [6.07, 6.45) is 3.34. The molecule has 31 heavy (non-hydrogen) atoms. The van der Waals surface area contributed by atoms with Crippen LogP contribution in [0.5, 0.6) is 5.75 Å². The van der Waals surface area contributed by atoms with Crippen LogP contribution in [-0.2, 0) is 13.2 Å². The van der Waals surface area contributed by atoms with Gasteiger partial charge in [-0.1, -0.05) is 0 Å². The van der Waals surface area contributed by atoms with Crippen LogP contribution in [0, 0.1) is 11.6 Å². The Morgan fingerprint density at radius 2 is 1.81 bits per heavy atom. The van der Waals surface area contributed by atoms with Crippen LogP contribution in [0.25, 0.3) is 10.6 Å². The third-order valence-corrected chi connectivity index (χ3v) is 5.33. The van der Waals surface area contributed by atoms with E-state index >= 15 is 0 Å². The Bertz CT molecular complexity index is 1180. The molecular weight excluding hydrogens is 420 g/mol. The number of halogens is 2. The highest BCUT2D eigenvalue weighted by Gasteiger charge is 2.12. The zero-order valence-electron chi connectivity index (χ0n) is 16.2. The zero-order valence-corrected chi connectivity index (χ0v) is 17.0. The van der Waals surface area contributed by atoms with E-state index in [1.165, 1.54) is 11.3 Å². The van der Waals surface area contributed by atoms with E-state index in [1.54, 1.807) is 42.0 Å². The number of nitrogens with zero attached hydrogens (tertiary/aromatic N) is 2. The first-order valence-electron chi connectivity index (χ1n) is 9.38. The summed E-state index contributed by atoms with van der Waals surface area (Å²) in [5.74, 6) is -0.772. The molecule has 2 aromatic carbocycles. The highest BCUT2D eigenvalue weighted by molar-refractivity contribution is 7.13. The topological polar surface area (TPSA) is 64.1 Å². The molecule has 156 valence electrons. The highest BCUT2D eigenvalue weighted by atomic mass is 32.1. The molecule has 8 heteroatoms. The lowest BCUT2D eigenvalue weighted by Gasteiger charge is -2.08. The van der Waals surface area contributed by atoms with Crippen molar-refractivity contribution in [2.75, 3.05) is 0 Å². The molecule has 2 heterocycles. The highest BCUT2D eigenvalue weighted by Crippen LogP contribution is 2.26. The summed E-state index contributed by atoms with van der Waals surface area (Å²) >= 11 is 1.36. The zero-order chi connectivity index (χ0) is 21.6. The number of amides is 1. The van der Waals surface area contributed by atoms with Crippen molar-refractivity contribution >= 4 is 17.2 Å². The number of thiazole rings is 1. The Hall–Kier alpha value is -3.65. The minimum absolute atomic E-state index is 0.0814. The third-order valence-electron chi connectivity index (χ3n) is 4.44. The molecule has 0 radical (unpaired) electrons. The van der Waals surface area contributed by atoms with Gasteiger partial charge >= 0.3 is 0 Å². The number of carbonyl (C=O) groups excluding carboxylic acids is 1. The van der Waals surface area contributed by atoms with Gasteiger partial charge in [-0.2, -0.15) is 0 Å². The van der Waals surface area contributed by atoms with Crippen LogP contribution in [0.1, 0.15) is 21.6 Å². The standard InChI is InChI=1S/C23H17F2N3O2S/c24-18-3-6-20(25)17(11-18)13-30-19-4-1-16(2-5-19)23-28-21(14-31-23)22(29)27-12-15-7-9-26-10-8-15/h1-11,14H,12-13H2,(H,27,29). The van der Waals surface area contributed by atoms with Gasteiger partial charge in [-0.05, 0) is 60.2 Å². The molecule has 0 spiro atoms. The van der Waals surface area contributed by atoms with E-state index in [4.69, 9.17) is 4.74 Å². The van der Waals surface area contributed by atoms with Gasteiger partial charge in [-0.3, -0.25) is 9.78 Å². The quantitative estimate of drug-likeness (QED) is 0.442. The molecule has 0 bridgehead atoms. The monoisotopic (exact) mass is 437 g/mol. The van der Waals surface area contributed by atoms with Crippen molar-refractivity contribution in [2.24, 2.45) is 0 Å². The summed E-state index contributed by atoms with van der Waals surface area (Å²) in [5, 5.41) is 5.22. The molecule has 1 N–H and O–H groups in total. The smallest absolute Gasteiger partial charge is 0.271 e. The first-order valence-corrected chi connectivity index (χ1v) is 10.3. The minimum Gasteiger partial charge on any atom is -0.489 e. The van der Waals surface area contributed by atoms with Crippen molar-refractivity contribution in [1.82, 2.24) is 15.3 Å². The molecule has 0 atom stereocenters.